The Morgan fingerprint density at radius 3 is 2.29 bits per heavy atom. The fourth-order valence-electron chi connectivity index (χ4n) is 7.59. The van der Waals surface area contributed by atoms with Crippen molar-refractivity contribution in [3.8, 4) is 0 Å². The Labute approximate surface area is 284 Å². The van der Waals surface area contributed by atoms with E-state index < -0.39 is 23.3 Å². The van der Waals surface area contributed by atoms with Crippen LogP contribution in [0.4, 0.5) is 29.3 Å². The van der Waals surface area contributed by atoms with E-state index in [0.29, 0.717) is 57.6 Å². The zero-order valence-corrected chi connectivity index (χ0v) is 28.0. The number of carbonyl (C=O) groups is 3. The van der Waals surface area contributed by atoms with Gasteiger partial charge >= 0.3 is 12.2 Å². The molecule has 0 spiro atoms. The van der Waals surface area contributed by atoms with Crippen molar-refractivity contribution in [3.63, 3.8) is 0 Å². The van der Waals surface area contributed by atoms with Crippen molar-refractivity contribution < 1.29 is 27.6 Å². The number of anilines is 2. The zero-order chi connectivity index (χ0) is 34.2. The molecule has 13 heteroatoms. The molecule has 2 aromatic carbocycles. The molecule has 3 fully saturated rings. The first-order valence-corrected chi connectivity index (χ1v) is 17.4. The van der Waals surface area contributed by atoms with Gasteiger partial charge in [-0.05, 0) is 87.7 Å². The second kappa shape index (κ2) is 14.2. The Morgan fingerprint density at radius 2 is 1.62 bits per heavy atom. The van der Waals surface area contributed by atoms with Crippen molar-refractivity contribution in [1.29, 1.82) is 0 Å². The van der Waals surface area contributed by atoms with Crippen molar-refractivity contribution in [2.75, 3.05) is 50.8 Å². The van der Waals surface area contributed by atoms with Crippen LogP contribution in [-0.4, -0.2) is 95.3 Å². The molecular formula is C35H44ClF3N6O3. The van der Waals surface area contributed by atoms with Crippen LogP contribution in [0.1, 0.15) is 61.6 Å². The second-order valence-corrected chi connectivity index (χ2v) is 14.1. The van der Waals surface area contributed by atoms with Gasteiger partial charge in [0, 0.05) is 63.0 Å². The maximum absolute atomic E-state index is 14.0. The first-order valence-electron chi connectivity index (χ1n) is 17.0. The number of nitrogen functional groups attached to an aromatic ring is 1. The number of carbonyl (C=O) groups excluding carboxylic acids is 3. The summed E-state index contributed by atoms with van der Waals surface area (Å²) in [5.74, 6) is -1.31. The number of para-hydroxylation sites is 1. The molecule has 260 valence electrons. The first-order chi connectivity index (χ1) is 22.9. The predicted molar refractivity (Wildman–Crippen MR) is 179 cm³/mol. The molecule has 4 amide bonds. The highest BCUT2D eigenvalue weighted by Crippen LogP contribution is 2.39. The summed E-state index contributed by atoms with van der Waals surface area (Å²) in [6.07, 6.45) is 1.03. The number of rotatable bonds is 8. The van der Waals surface area contributed by atoms with Crippen molar-refractivity contribution >= 4 is 40.8 Å². The number of nitrogens with zero attached hydrogens (tertiary/aromatic N) is 4. The molecule has 2 aromatic rings. The van der Waals surface area contributed by atoms with Crippen LogP contribution in [-0.2, 0) is 28.6 Å². The second-order valence-electron chi connectivity index (χ2n) is 13.7. The van der Waals surface area contributed by atoms with Crippen LogP contribution in [0.25, 0.3) is 0 Å². The van der Waals surface area contributed by atoms with Crippen LogP contribution < -0.4 is 11.1 Å². The normalized spacial score (nSPS) is 20.4. The van der Waals surface area contributed by atoms with Gasteiger partial charge in [0.15, 0.2) is 0 Å². The van der Waals surface area contributed by atoms with E-state index >= 15 is 0 Å². The monoisotopic (exact) mass is 688 g/mol. The third kappa shape index (κ3) is 7.70. The third-order valence-electron chi connectivity index (χ3n) is 10.6. The summed E-state index contributed by atoms with van der Waals surface area (Å²) in [6.45, 7) is 2.50. The summed E-state index contributed by atoms with van der Waals surface area (Å²) in [6, 6.07) is 10.9. The molecule has 3 heterocycles. The predicted octanol–water partition coefficient (Wildman–Crippen LogP) is 5.66. The van der Waals surface area contributed by atoms with Crippen molar-refractivity contribution in [2.24, 2.45) is 5.92 Å². The molecule has 0 unspecified atom stereocenters. The Hall–Kier alpha value is -3.51. The van der Waals surface area contributed by atoms with Gasteiger partial charge in [0.25, 0.3) is 0 Å². The van der Waals surface area contributed by atoms with E-state index in [-0.39, 0.29) is 47.3 Å². The molecule has 48 heavy (non-hydrogen) atoms. The summed E-state index contributed by atoms with van der Waals surface area (Å²) in [7, 11) is 2.13. The number of halogens is 4. The van der Waals surface area contributed by atoms with Crippen molar-refractivity contribution in [2.45, 2.75) is 82.1 Å². The van der Waals surface area contributed by atoms with E-state index in [1.165, 1.54) is 18.9 Å². The molecule has 6 rings (SSSR count). The minimum atomic E-state index is -4.72. The van der Waals surface area contributed by atoms with Crippen LogP contribution >= 0.6 is 11.6 Å². The maximum Gasteiger partial charge on any atom is 0.418 e. The van der Waals surface area contributed by atoms with Gasteiger partial charge in [0.1, 0.15) is 0 Å². The van der Waals surface area contributed by atoms with Crippen LogP contribution in [0.15, 0.2) is 36.4 Å². The van der Waals surface area contributed by atoms with Gasteiger partial charge in [-0.1, -0.05) is 29.8 Å². The Morgan fingerprint density at radius 1 is 0.979 bits per heavy atom. The summed E-state index contributed by atoms with van der Waals surface area (Å²) in [5, 5.41) is 2.78. The lowest BCUT2D eigenvalue weighted by atomic mass is 9.91. The first kappa shape index (κ1) is 34.4. The van der Waals surface area contributed by atoms with Gasteiger partial charge < -0.3 is 30.7 Å². The van der Waals surface area contributed by atoms with E-state index in [4.69, 9.17) is 17.3 Å². The standard InChI is InChI=1S/C35H44ClF3N6O3/c1-42(25-6-7-25)26-9-15-44(16-10-26)33(47)24(18-22-19-28(35(37,38)39)32(40)29(36)20-22)21-31(46)43-13-11-27(12-14-43)45-17-8-23-4-2-3-5-30(23)41-34(45)48/h2-5,19-20,24-27H,6-18,21,40H2,1H3,(H,41,48)/t24-/m0/s1. The molecular weight excluding hydrogens is 645 g/mol. The van der Waals surface area contributed by atoms with E-state index in [9.17, 15) is 27.6 Å². The summed E-state index contributed by atoms with van der Waals surface area (Å²) in [5.41, 5.74) is 6.18. The van der Waals surface area contributed by atoms with Gasteiger partial charge in [0.05, 0.1) is 22.2 Å². The number of piperidine rings is 2. The smallest absolute Gasteiger partial charge is 0.397 e. The molecule has 1 aliphatic carbocycles. The van der Waals surface area contributed by atoms with E-state index in [2.05, 4.69) is 17.3 Å². The largest absolute Gasteiger partial charge is 0.418 e. The minimum Gasteiger partial charge on any atom is -0.397 e. The van der Waals surface area contributed by atoms with Gasteiger partial charge in [0.2, 0.25) is 11.8 Å². The maximum atomic E-state index is 14.0. The number of hydrogen-bond acceptors (Lipinski definition) is 5. The number of nitrogens with two attached hydrogens (primary N) is 1. The van der Waals surface area contributed by atoms with Crippen LogP contribution in [0.5, 0.6) is 0 Å². The average Bonchev–Trinajstić information content (AvgIpc) is 3.93. The summed E-state index contributed by atoms with van der Waals surface area (Å²) < 4.78 is 41.4. The Kier molecular flexibility index (Phi) is 10.1. The van der Waals surface area contributed by atoms with E-state index in [1.54, 1.807) is 9.80 Å². The number of nitrogens with one attached hydrogen (secondary N) is 1. The van der Waals surface area contributed by atoms with Gasteiger partial charge in [-0.3, -0.25) is 9.59 Å². The minimum absolute atomic E-state index is 0.0337. The molecule has 0 aromatic heterocycles. The number of fused-ring (bicyclic) bond motifs is 1. The zero-order valence-electron chi connectivity index (χ0n) is 27.3. The Bertz CT molecular complexity index is 1520. The molecule has 3 N–H and O–H groups in total. The van der Waals surface area contributed by atoms with Crippen molar-refractivity contribution in [3.05, 3.63) is 58.1 Å². The molecule has 0 radical (unpaired) electrons. The highest BCUT2D eigenvalue weighted by molar-refractivity contribution is 6.33. The number of amides is 4. The Balaban J connectivity index is 1.12. The molecule has 3 aliphatic heterocycles. The molecule has 9 nitrogen and oxygen atoms in total. The van der Waals surface area contributed by atoms with Crippen LogP contribution in [0, 0.1) is 5.92 Å². The van der Waals surface area contributed by atoms with Gasteiger partial charge in [-0.2, -0.15) is 13.2 Å². The van der Waals surface area contributed by atoms with Crippen molar-refractivity contribution in [1.82, 2.24) is 19.6 Å². The number of benzene rings is 2. The van der Waals surface area contributed by atoms with Crippen LogP contribution in [0.2, 0.25) is 5.02 Å². The van der Waals surface area contributed by atoms with Gasteiger partial charge in [-0.15, -0.1) is 0 Å². The lowest BCUT2D eigenvalue weighted by Crippen LogP contribution is -2.51. The number of urea groups is 1. The molecule has 1 saturated carbocycles. The third-order valence-corrected chi connectivity index (χ3v) is 10.9. The SMILES string of the molecule is CN(C1CC1)C1CCN(C(=O)[C@H](CC(=O)N2CCC(N3CCc4ccccc4NC3=O)CC2)Cc2cc(Cl)c(N)c(C(F)(F)F)c2)CC1. The molecule has 1 atom stereocenters. The molecule has 2 saturated heterocycles. The molecule has 4 aliphatic rings. The highest BCUT2D eigenvalue weighted by Gasteiger charge is 2.38. The quantitative estimate of drug-likeness (QED) is 0.349. The number of likely N-dealkylation sites (tertiary alicyclic amines) is 2. The fraction of sp³-hybridized carbons (Fsp3) is 0.571. The fourth-order valence-corrected chi connectivity index (χ4v) is 7.84. The highest BCUT2D eigenvalue weighted by atomic mass is 35.5. The average molecular weight is 689 g/mol. The lowest BCUT2D eigenvalue weighted by Gasteiger charge is -2.39. The summed E-state index contributed by atoms with van der Waals surface area (Å²) in [4.78, 5) is 48.5. The van der Waals surface area contributed by atoms with Gasteiger partial charge in [-0.25, -0.2) is 4.79 Å². The lowest BCUT2D eigenvalue weighted by molar-refractivity contribution is -0.143. The van der Waals surface area contributed by atoms with Crippen LogP contribution in [0.3, 0.4) is 0 Å². The van der Waals surface area contributed by atoms with E-state index in [0.717, 1.165) is 36.6 Å². The topological polar surface area (TPSA) is 102 Å². The summed E-state index contributed by atoms with van der Waals surface area (Å²) >= 11 is 6.13. The van der Waals surface area contributed by atoms with E-state index in [1.807, 2.05) is 29.2 Å². The molecule has 0 bridgehead atoms. The number of hydrogen-bond donors (Lipinski definition) is 2. The number of alkyl halides is 3.